The lowest BCUT2D eigenvalue weighted by Crippen LogP contribution is -2.36. The topological polar surface area (TPSA) is 87.3 Å². The van der Waals surface area contributed by atoms with Crippen LogP contribution in [0.1, 0.15) is 17.9 Å². The maximum atomic E-state index is 13.4. The highest BCUT2D eigenvalue weighted by Gasteiger charge is 2.35. The fourth-order valence-corrected chi connectivity index (χ4v) is 4.86. The van der Waals surface area contributed by atoms with E-state index in [0.717, 1.165) is 11.8 Å². The lowest BCUT2D eigenvalue weighted by atomic mass is 9.86. The molecule has 34 heavy (non-hydrogen) atoms. The molecule has 0 aliphatic carbocycles. The number of para-hydroxylation sites is 2. The van der Waals surface area contributed by atoms with Gasteiger partial charge in [0.15, 0.2) is 0 Å². The molecule has 4 rings (SSSR count). The van der Waals surface area contributed by atoms with Gasteiger partial charge in [0.25, 0.3) is 5.91 Å². The average Bonchev–Trinajstić information content (AvgIpc) is 2.84. The minimum atomic E-state index is -0.550. The number of hydrogen-bond acceptors (Lipinski definition) is 4. The molecular formula is C26H22ClN3O3S. The Balaban J connectivity index is 1.64. The second-order valence-electron chi connectivity index (χ2n) is 7.59. The van der Waals surface area contributed by atoms with Crippen LogP contribution >= 0.6 is 23.4 Å². The number of carbonyl (C=O) groups excluding carboxylic acids is 3. The molecule has 3 N–H and O–H groups in total. The number of benzene rings is 3. The molecular weight excluding hydrogens is 470 g/mol. The third-order valence-corrected chi connectivity index (χ3v) is 6.56. The van der Waals surface area contributed by atoms with Crippen LogP contribution in [0.4, 0.5) is 11.4 Å². The normalized spacial score (nSPS) is 15.4. The molecule has 1 atom stereocenters. The van der Waals surface area contributed by atoms with E-state index < -0.39 is 5.92 Å². The first-order valence-electron chi connectivity index (χ1n) is 10.6. The van der Waals surface area contributed by atoms with Crippen molar-refractivity contribution in [2.24, 2.45) is 0 Å². The molecule has 1 unspecified atom stereocenters. The van der Waals surface area contributed by atoms with Crippen LogP contribution in [0, 0.1) is 0 Å². The summed E-state index contributed by atoms with van der Waals surface area (Å²) in [6, 6.07) is 25.3. The molecule has 0 aromatic heterocycles. The van der Waals surface area contributed by atoms with Crippen LogP contribution in [0.25, 0.3) is 0 Å². The van der Waals surface area contributed by atoms with Crippen LogP contribution < -0.4 is 16.0 Å². The fourth-order valence-electron chi connectivity index (χ4n) is 3.67. The predicted octanol–water partition coefficient (Wildman–Crippen LogP) is 5.17. The van der Waals surface area contributed by atoms with Crippen molar-refractivity contribution in [2.75, 3.05) is 16.4 Å². The summed E-state index contributed by atoms with van der Waals surface area (Å²) in [6.45, 7) is 0. The largest absolute Gasteiger partial charge is 0.325 e. The Morgan fingerprint density at radius 2 is 1.47 bits per heavy atom. The van der Waals surface area contributed by atoms with Crippen LogP contribution in [-0.4, -0.2) is 23.5 Å². The second kappa shape index (κ2) is 11.0. The number of halogens is 1. The summed E-state index contributed by atoms with van der Waals surface area (Å²) < 4.78 is 0. The number of thioether (sulfide) groups is 1. The fraction of sp³-hybridized carbons (Fsp3) is 0.115. The molecule has 0 spiro atoms. The third kappa shape index (κ3) is 5.87. The van der Waals surface area contributed by atoms with Gasteiger partial charge < -0.3 is 16.0 Å². The van der Waals surface area contributed by atoms with E-state index in [-0.39, 0.29) is 29.9 Å². The van der Waals surface area contributed by atoms with E-state index in [4.69, 9.17) is 11.6 Å². The summed E-state index contributed by atoms with van der Waals surface area (Å²) in [5.41, 5.74) is 2.35. The van der Waals surface area contributed by atoms with Crippen LogP contribution in [0.2, 0.25) is 5.02 Å². The minimum absolute atomic E-state index is 0.0157. The molecule has 0 bridgehead atoms. The van der Waals surface area contributed by atoms with Gasteiger partial charge in [-0.2, -0.15) is 0 Å². The van der Waals surface area contributed by atoms with Gasteiger partial charge in [-0.3, -0.25) is 14.4 Å². The van der Waals surface area contributed by atoms with Gasteiger partial charge in [0.05, 0.1) is 16.4 Å². The predicted molar refractivity (Wildman–Crippen MR) is 137 cm³/mol. The highest BCUT2D eigenvalue weighted by molar-refractivity contribution is 8.03. The SMILES string of the molecule is O=C1CC(c2ccccc2Cl)C(C(=O)Nc2ccccc2)=C(SCC(=O)Nc2ccccc2)N1. The molecule has 3 aromatic carbocycles. The van der Waals surface area contributed by atoms with Crippen LogP contribution in [-0.2, 0) is 14.4 Å². The second-order valence-corrected chi connectivity index (χ2v) is 8.99. The van der Waals surface area contributed by atoms with E-state index in [9.17, 15) is 14.4 Å². The van der Waals surface area contributed by atoms with Gasteiger partial charge in [-0.1, -0.05) is 78.0 Å². The molecule has 3 amide bonds. The Morgan fingerprint density at radius 3 is 2.12 bits per heavy atom. The Hall–Kier alpha value is -3.55. The standard InChI is InChI=1S/C26H22ClN3O3S/c27-21-14-8-7-13-19(21)20-15-22(31)30-26(24(20)25(33)29-18-11-5-2-6-12-18)34-16-23(32)28-17-9-3-1-4-10-17/h1-14,20H,15-16H2,(H,28,32)(H,29,33)(H,30,31). The molecule has 172 valence electrons. The lowest BCUT2D eigenvalue weighted by Gasteiger charge is -2.28. The number of carbonyl (C=O) groups is 3. The summed E-state index contributed by atoms with van der Waals surface area (Å²) in [5.74, 6) is -1.39. The molecule has 0 fully saturated rings. The number of amides is 3. The summed E-state index contributed by atoms with van der Waals surface area (Å²) in [7, 11) is 0. The van der Waals surface area contributed by atoms with E-state index in [1.807, 2.05) is 48.5 Å². The molecule has 0 radical (unpaired) electrons. The molecule has 3 aromatic rings. The van der Waals surface area contributed by atoms with E-state index in [0.29, 0.717) is 32.6 Å². The first-order chi connectivity index (χ1) is 16.5. The van der Waals surface area contributed by atoms with Crippen molar-refractivity contribution < 1.29 is 14.4 Å². The quantitative estimate of drug-likeness (QED) is 0.425. The Morgan fingerprint density at radius 1 is 0.882 bits per heavy atom. The van der Waals surface area contributed by atoms with Crippen LogP contribution in [0.3, 0.4) is 0 Å². The van der Waals surface area contributed by atoms with Gasteiger partial charge in [-0.15, -0.1) is 0 Å². The first-order valence-corrected chi connectivity index (χ1v) is 12.0. The highest BCUT2D eigenvalue weighted by atomic mass is 35.5. The monoisotopic (exact) mass is 491 g/mol. The maximum Gasteiger partial charge on any atom is 0.254 e. The van der Waals surface area contributed by atoms with Crippen molar-refractivity contribution in [3.05, 3.63) is 106 Å². The van der Waals surface area contributed by atoms with Crippen molar-refractivity contribution in [3.63, 3.8) is 0 Å². The van der Waals surface area contributed by atoms with Gasteiger partial charge in [-0.05, 0) is 35.9 Å². The maximum absolute atomic E-state index is 13.4. The third-order valence-electron chi connectivity index (χ3n) is 5.20. The number of anilines is 2. The Labute approximate surface area is 206 Å². The van der Waals surface area contributed by atoms with E-state index in [1.165, 1.54) is 0 Å². The van der Waals surface area contributed by atoms with Crippen LogP contribution in [0.15, 0.2) is 95.5 Å². The number of rotatable bonds is 7. The van der Waals surface area contributed by atoms with Gasteiger partial charge in [0, 0.05) is 28.7 Å². The van der Waals surface area contributed by atoms with Gasteiger partial charge >= 0.3 is 0 Å². The van der Waals surface area contributed by atoms with E-state index in [2.05, 4.69) is 16.0 Å². The molecule has 8 heteroatoms. The zero-order valence-corrected chi connectivity index (χ0v) is 19.7. The zero-order valence-electron chi connectivity index (χ0n) is 18.1. The summed E-state index contributed by atoms with van der Waals surface area (Å²) in [4.78, 5) is 38.6. The van der Waals surface area contributed by atoms with Gasteiger partial charge in [0.2, 0.25) is 11.8 Å². The molecule has 0 saturated carbocycles. The summed E-state index contributed by atoms with van der Waals surface area (Å²) >= 11 is 7.56. The van der Waals surface area contributed by atoms with E-state index in [1.54, 1.807) is 36.4 Å². The molecule has 1 aliphatic rings. The summed E-state index contributed by atoms with van der Waals surface area (Å²) in [5, 5.41) is 9.32. The average molecular weight is 492 g/mol. The zero-order chi connectivity index (χ0) is 23.9. The van der Waals surface area contributed by atoms with Crippen molar-refractivity contribution in [2.45, 2.75) is 12.3 Å². The molecule has 1 aliphatic heterocycles. The number of nitrogens with one attached hydrogen (secondary N) is 3. The smallest absolute Gasteiger partial charge is 0.254 e. The van der Waals surface area contributed by atoms with Crippen molar-refractivity contribution in [1.29, 1.82) is 0 Å². The molecule has 1 heterocycles. The molecule has 0 saturated heterocycles. The van der Waals surface area contributed by atoms with Crippen molar-refractivity contribution >= 4 is 52.5 Å². The summed E-state index contributed by atoms with van der Waals surface area (Å²) in [6.07, 6.45) is 0.0710. The van der Waals surface area contributed by atoms with Crippen molar-refractivity contribution in [3.8, 4) is 0 Å². The Kier molecular flexibility index (Phi) is 7.67. The van der Waals surface area contributed by atoms with Gasteiger partial charge in [-0.25, -0.2) is 0 Å². The highest BCUT2D eigenvalue weighted by Crippen LogP contribution is 2.39. The lowest BCUT2D eigenvalue weighted by molar-refractivity contribution is -0.121. The number of hydrogen-bond donors (Lipinski definition) is 3. The minimum Gasteiger partial charge on any atom is -0.325 e. The Bertz CT molecular complexity index is 1230. The van der Waals surface area contributed by atoms with Crippen molar-refractivity contribution in [1.82, 2.24) is 5.32 Å². The van der Waals surface area contributed by atoms with E-state index >= 15 is 0 Å². The van der Waals surface area contributed by atoms with Gasteiger partial charge in [0.1, 0.15) is 0 Å². The van der Waals surface area contributed by atoms with Crippen LogP contribution in [0.5, 0.6) is 0 Å². The molecule has 6 nitrogen and oxygen atoms in total. The first kappa shape index (κ1) is 23.6.